The van der Waals surface area contributed by atoms with Crippen LogP contribution in [0.5, 0.6) is 0 Å². The molecule has 1 rings (SSSR count). The van der Waals surface area contributed by atoms with Gasteiger partial charge in [-0.05, 0) is 18.0 Å². The number of aromatic amines is 1. The van der Waals surface area contributed by atoms with E-state index in [0.717, 1.165) is 0 Å². The molecule has 0 bridgehead atoms. The number of aromatic nitrogens is 2. The number of amides is 1. The van der Waals surface area contributed by atoms with Gasteiger partial charge in [0.2, 0.25) is 5.28 Å². The van der Waals surface area contributed by atoms with E-state index in [0.29, 0.717) is 25.2 Å². The maximum absolute atomic E-state index is 10.9. The van der Waals surface area contributed by atoms with E-state index in [9.17, 15) is 4.79 Å². The molecule has 0 aromatic carbocycles. The quantitative estimate of drug-likeness (QED) is 0.649. The summed E-state index contributed by atoms with van der Waals surface area (Å²) in [7, 11) is 0. The number of unbranched alkanes of at least 4 members (excludes halogenated alkanes) is 1. The average molecular weight is 228 g/mol. The van der Waals surface area contributed by atoms with Crippen LogP contribution >= 0.6 is 11.6 Å². The van der Waals surface area contributed by atoms with Gasteiger partial charge in [0.1, 0.15) is 5.69 Å². The largest absolute Gasteiger partial charge is 0.368 e. The molecule has 0 fully saturated rings. The Morgan fingerprint density at radius 3 is 3.07 bits per heavy atom. The molecule has 0 aliphatic heterocycles. The predicted octanol–water partition coefficient (Wildman–Crippen LogP) is 0.878. The second-order valence-corrected chi connectivity index (χ2v) is 3.16. The zero-order valence-corrected chi connectivity index (χ0v) is 8.64. The Kier molecular flexibility index (Phi) is 3.94. The Labute approximate surface area is 91.4 Å². The molecule has 1 heterocycles. The van der Waals surface area contributed by atoms with Crippen molar-refractivity contribution >= 4 is 23.3 Å². The standard InChI is InChI=1S/C8H10ClN5O/c9-8-13-5(6(11)15)7(14-8)12-4-2-1-3-10/h12H,1-2,4H2,(H2,11,15)(H,13,14). The van der Waals surface area contributed by atoms with Crippen LogP contribution in [0.4, 0.5) is 5.82 Å². The molecule has 0 aliphatic carbocycles. The fraction of sp³-hybridized carbons (Fsp3) is 0.375. The Hall–Kier alpha value is -1.74. The summed E-state index contributed by atoms with van der Waals surface area (Å²) in [4.78, 5) is 17.3. The van der Waals surface area contributed by atoms with Gasteiger partial charge in [-0.15, -0.1) is 0 Å². The number of anilines is 1. The van der Waals surface area contributed by atoms with Crippen LogP contribution in [0.2, 0.25) is 5.28 Å². The van der Waals surface area contributed by atoms with Crippen LogP contribution in [0, 0.1) is 11.3 Å². The van der Waals surface area contributed by atoms with Gasteiger partial charge in [0, 0.05) is 13.0 Å². The van der Waals surface area contributed by atoms with Crippen molar-refractivity contribution in [1.29, 1.82) is 5.26 Å². The third kappa shape index (κ3) is 3.14. The second-order valence-electron chi connectivity index (χ2n) is 2.80. The molecule has 4 N–H and O–H groups in total. The van der Waals surface area contributed by atoms with Gasteiger partial charge in [0.15, 0.2) is 5.82 Å². The zero-order valence-electron chi connectivity index (χ0n) is 7.88. The van der Waals surface area contributed by atoms with Crippen molar-refractivity contribution in [3.8, 4) is 6.07 Å². The van der Waals surface area contributed by atoms with Gasteiger partial charge in [0.25, 0.3) is 5.91 Å². The van der Waals surface area contributed by atoms with E-state index in [1.807, 2.05) is 6.07 Å². The number of nitrogens with two attached hydrogens (primary N) is 1. The van der Waals surface area contributed by atoms with Crippen LogP contribution in [-0.4, -0.2) is 22.4 Å². The van der Waals surface area contributed by atoms with E-state index in [1.165, 1.54) is 0 Å². The maximum atomic E-state index is 10.9. The first-order chi connectivity index (χ1) is 7.15. The number of nitriles is 1. The first-order valence-electron chi connectivity index (χ1n) is 4.31. The van der Waals surface area contributed by atoms with Crippen LogP contribution in [0.3, 0.4) is 0 Å². The number of nitrogens with one attached hydrogen (secondary N) is 2. The van der Waals surface area contributed by atoms with Gasteiger partial charge in [-0.2, -0.15) is 5.26 Å². The highest BCUT2D eigenvalue weighted by atomic mass is 35.5. The molecule has 0 saturated carbocycles. The van der Waals surface area contributed by atoms with E-state index in [2.05, 4.69) is 15.3 Å². The topological polar surface area (TPSA) is 108 Å². The number of carbonyl (C=O) groups excluding carboxylic acids is 1. The molecular weight excluding hydrogens is 218 g/mol. The molecular formula is C8H10ClN5O. The van der Waals surface area contributed by atoms with Gasteiger partial charge in [-0.1, -0.05) is 0 Å². The number of H-pyrrole nitrogens is 1. The van der Waals surface area contributed by atoms with Crippen molar-refractivity contribution in [2.45, 2.75) is 12.8 Å². The highest BCUT2D eigenvalue weighted by Crippen LogP contribution is 2.14. The summed E-state index contributed by atoms with van der Waals surface area (Å²) in [5.74, 6) is -0.303. The maximum Gasteiger partial charge on any atom is 0.269 e. The molecule has 1 amide bonds. The summed E-state index contributed by atoms with van der Waals surface area (Å²) in [5.41, 5.74) is 5.25. The van der Waals surface area contributed by atoms with Gasteiger partial charge in [0.05, 0.1) is 6.07 Å². The summed E-state index contributed by atoms with van der Waals surface area (Å²) in [6, 6.07) is 2.01. The molecule has 1 aromatic heterocycles. The normalized spacial score (nSPS) is 9.60. The highest BCUT2D eigenvalue weighted by Gasteiger charge is 2.12. The van der Waals surface area contributed by atoms with Crippen molar-refractivity contribution in [3.63, 3.8) is 0 Å². The first-order valence-corrected chi connectivity index (χ1v) is 4.69. The lowest BCUT2D eigenvalue weighted by Crippen LogP contribution is -2.15. The number of hydrogen-bond acceptors (Lipinski definition) is 4. The Morgan fingerprint density at radius 2 is 2.47 bits per heavy atom. The Balaban J connectivity index is 2.60. The zero-order chi connectivity index (χ0) is 11.3. The lowest BCUT2D eigenvalue weighted by Gasteiger charge is -2.01. The molecule has 7 heteroatoms. The summed E-state index contributed by atoms with van der Waals surface area (Å²) in [6.07, 6.45) is 1.11. The van der Waals surface area contributed by atoms with Crippen LogP contribution in [0.25, 0.3) is 0 Å². The van der Waals surface area contributed by atoms with E-state index in [1.54, 1.807) is 0 Å². The summed E-state index contributed by atoms with van der Waals surface area (Å²) >= 11 is 5.58. The number of rotatable bonds is 5. The molecule has 15 heavy (non-hydrogen) atoms. The van der Waals surface area contributed by atoms with E-state index >= 15 is 0 Å². The number of carbonyl (C=O) groups is 1. The second kappa shape index (κ2) is 5.22. The van der Waals surface area contributed by atoms with Gasteiger partial charge < -0.3 is 16.0 Å². The molecule has 0 aliphatic rings. The van der Waals surface area contributed by atoms with Gasteiger partial charge in [-0.25, -0.2) is 4.98 Å². The lowest BCUT2D eigenvalue weighted by atomic mass is 10.3. The predicted molar refractivity (Wildman–Crippen MR) is 55.5 cm³/mol. The SMILES string of the molecule is N#CCCCNc1nc(Cl)[nH]c1C(N)=O. The van der Waals surface area contributed by atoms with E-state index in [4.69, 9.17) is 22.6 Å². The smallest absolute Gasteiger partial charge is 0.269 e. The lowest BCUT2D eigenvalue weighted by molar-refractivity contribution is 0.0997. The van der Waals surface area contributed by atoms with Gasteiger partial charge in [-0.3, -0.25) is 4.79 Å². The van der Waals surface area contributed by atoms with Crippen LogP contribution in [0.1, 0.15) is 23.3 Å². The minimum absolute atomic E-state index is 0.103. The van der Waals surface area contributed by atoms with Crippen molar-refractivity contribution in [2.75, 3.05) is 11.9 Å². The molecule has 80 valence electrons. The fourth-order valence-electron chi connectivity index (χ4n) is 1.02. The molecule has 0 spiro atoms. The third-order valence-electron chi connectivity index (χ3n) is 1.68. The van der Waals surface area contributed by atoms with Crippen LogP contribution in [0.15, 0.2) is 0 Å². The minimum Gasteiger partial charge on any atom is -0.368 e. The molecule has 0 saturated heterocycles. The highest BCUT2D eigenvalue weighted by molar-refractivity contribution is 6.28. The number of hydrogen-bond donors (Lipinski definition) is 3. The van der Waals surface area contributed by atoms with Crippen molar-refractivity contribution in [1.82, 2.24) is 9.97 Å². The third-order valence-corrected chi connectivity index (χ3v) is 1.86. The van der Waals surface area contributed by atoms with Crippen molar-refractivity contribution in [3.05, 3.63) is 11.0 Å². The summed E-state index contributed by atoms with van der Waals surface area (Å²) in [5, 5.41) is 11.3. The average Bonchev–Trinajstić information content (AvgIpc) is 2.55. The van der Waals surface area contributed by atoms with Crippen LogP contribution < -0.4 is 11.1 Å². The Bertz CT molecular complexity index is 394. The first kappa shape index (κ1) is 11.3. The summed E-state index contributed by atoms with van der Waals surface area (Å²) < 4.78 is 0. The van der Waals surface area contributed by atoms with Gasteiger partial charge >= 0.3 is 0 Å². The number of imidazole rings is 1. The molecule has 1 aromatic rings. The molecule has 0 unspecified atom stereocenters. The molecule has 6 nitrogen and oxygen atoms in total. The summed E-state index contributed by atoms with van der Waals surface area (Å²) in [6.45, 7) is 0.537. The van der Waals surface area contributed by atoms with E-state index < -0.39 is 5.91 Å². The fourth-order valence-corrected chi connectivity index (χ4v) is 1.20. The minimum atomic E-state index is -0.628. The molecule has 0 radical (unpaired) electrons. The number of nitrogens with zero attached hydrogens (tertiary/aromatic N) is 2. The number of halogens is 1. The monoisotopic (exact) mass is 227 g/mol. The van der Waals surface area contributed by atoms with Crippen LogP contribution in [-0.2, 0) is 0 Å². The van der Waals surface area contributed by atoms with Crippen molar-refractivity contribution in [2.24, 2.45) is 5.73 Å². The molecule has 0 atom stereocenters. The van der Waals surface area contributed by atoms with E-state index in [-0.39, 0.29) is 11.0 Å². The number of primary amides is 1. The Morgan fingerprint density at radius 1 is 1.73 bits per heavy atom. The van der Waals surface area contributed by atoms with Crippen molar-refractivity contribution < 1.29 is 4.79 Å².